The van der Waals surface area contributed by atoms with Crippen molar-refractivity contribution in [1.29, 1.82) is 0 Å². The van der Waals surface area contributed by atoms with Crippen LogP contribution in [0.15, 0.2) is 18.2 Å². The maximum Gasteiger partial charge on any atom is 0.320 e. The lowest BCUT2D eigenvalue weighted by Gasteiger charge is -2.28. The Morgan fingerprint density at radius 3 is 2.48 bits per heavy atom. The monoisotopic (exact) mass is 345 g/mol. The third kappa shape index (κ3) is 3.72. The van der Waals surface area contributed by atoms with Gasteiger partial charge in [-0.25, -0.2) is 4.79 Å². The molecule has 1 aromatic rings. The molecule has 0 bridgehead atoms. The van der Waals surface area contributed by atoms with Crippen molar-refractivity contribution in [2.75, 3.05) is 39.3 Å². The molecule has 0 saturated carbocycles. The molecule has 1 saturated heterocycles. The molecule has 2 aliphatic rings. The van der Waals surface area contributed by atoms with Gasteiger partial charge in [0.25, 0.3) is 5.91 Å². The molecule has 0 spiro atoms. The Morgan fingerprint density at radius 2 is 1.80 bits per heavy atom. The van der Waals surface area contributed by atoms with Crippen LogP contribution < -0.4 is 4.74 Å². The van der Waals surface area contributed by atoms with Gasteiger partial charge in [0.2, 0.25) is 0 Å². The molecule has 25 heavy (non-hydrogen) atoms. The molecule has 2 heterocycles. The van der Waals surface area contributed by atoms with Gasteiger partial charge < -0.3 is 19.4 Å². The van der Waals surface area contributed by atoms with Gasteiger partial charge in [0.05, 0.1) is 13.1 Å². The Balaban J connectivity index is 1.80. The Kier molecular flexibility index (Phi) is 5.46. The normalized spacial score (nSPS) is 16.9. The molecule has 0 atom stereocenters. The Bertz CT molecular complexity index is 637. The summed E-state index contributed by atoms with van der Waals surface area (Å²) < 4.78 is 5.80. The number of urea groups is 1. The molecule has 136 valence electrons. The average Bonchev–Trinajstić information content (AvgIpc) is 3.08. The standard InChI is InChI=1S/C19H27N3O3/c1-3-20(4-2)19(24)22-11-12-25-17-8-7-15(13-16(17)14-22)18(23)21-9-5-6-10-21/h7-8,13H,3-6,9-12,14H2,1-2H3. The number of hydrogen-bond donors (Lipinski definition) is 0. The first kappa shape index (κ1) is 17.6. The third-order valence-corrected chi connectivity index (χ3v) is 4.99. The van der Waals surface area contributed by atoms with Crippen LogP contribution >= 0.6 is 0 Å². The number of nitrogens with zero attached hydrogens (tertiary/aromatic N) is 3. The minimum atomic E-state index is 0.0257. The topological polar surface area (TPSA) is 53.1 Å². The number of carbonyl (C=O) groups excluding carboxylic acids is 2. The van der Waals surface area contributed by atoms with E-state index in [-0.39, 0.29) is 11.9 Å². The number of fused-ring (bicyclic) bond motifs is 1. The van der Waals surface area contributed by atoms with Crippen molar-refractivity contribution < 1.29 is 14.3 Å². The summed E-state index contributed by atoms with van der Waals surface area (Å²) >= 11 is 0. The maximum absolute atomic E-state index is 12.7. The number of hydrogen-bond acceptors (Lipinski definition) is 3. The zero-order valence-corrected chi connectivity index (χ0v) is 15.2. The molecule has 1 aromatic carbocycles. The van der Waals surface area contributed by atoms with E-state index < -0.39 is 0 Å². The van der Waals surface area contributed by atoms with E-state index in [0.717, 1.165) is 37.2 Å². The lowest BCUT2D eigenvalue weighted by atomic mass is 10.1. The van der Waals surface area contributed by atoms with Gasteiger partial charge in [-0.1, -0.05) is 0 Å². The molecular weight excluding hydrogens is 318 g/mol. The fourth-order valence-electron chi connectivity index (χ4n) is 3.49. The SMILES string of the molecule is CCN(CC)C(=O)N1CCOc2ccc(C(=O)N3CCCC3)cc2C1. The van der Waals surface area contributed by atoms with Gasteiger partial charge in [0.1, 0.15) is 12.4 Å². The second-order valence-electron chi connectivity index (χ2n) is 6.55. The lowest BCUT2D eigenvalue weighted by molar-refractivity contribution is 0.0792. The average molecular weight is 345 g/mol. The molecule has 0 aliphatic carbocycles. The van der Waals surface area contributed by atoms with Gasteiger partial charge in [-0.3, -0.25) is 4.79 Å². The van der Waals surface area contributed by atoms with E-state index in [4.69, 9.17) is 4.74 Å². The molecule has 0 radical (unpaired) electrons. The van der Waals surface area contributed by atoms with Crippen LogP contribution in [0.5, 0.6) is 5.75 Å². The molecule has 3 amide bonds. The van der Waals surface area contributed by atoms with Crippen molar-refractivity contribution in [3.8, 4) is 5.75 Å². The quantitative estimate of drug-likeness (QED) is 0.846. The number of likely N-dealkylation sites (tertiary alicyclic amines) is 1. The van der Waals surface area contributed by atoms with Crippen molar-refractivity contribution in [2.24, 2.45) is 0 Å². The predicted molar refractivity (Wildman–Crippen MR) is 95.8 cm³/mol. The lowest BCUT2D eigenvalue weighted by Crippen LogP contribution is -2.43. The van der Waals surface area contributed by atoms with Gasteiger partial charge in [-0.15, -0.1) is 0 Å². The first-order valence-electron chi connectivity index (χ1n) is 9.23. The van der Waals surface area contributed by atoms with E-state index in [9.17, 15) is 9.59 Å². The van der Waals surface area contributed by atoms with Crippen molar-refractivity contribution in [2.45, 2.75) is 33.2 Å². The largest absolute Gasteiger partial charge is 0.491 e. The van der Waals surface area contributed by atoms with Crippen molar-refractivity contribution in [1.82, 2.24) is 14.7 Å². The van der Waals surface area contributed by atoms with Crippen LogP contribution in [0.3, 0.4) is 0 Å². The highest BCUT2D eigenvalue weighted by Crippen LogP contribution is 2.26. The minimum absolute atomic E-state index is 0.0257. The third-order valence-electron chi connectivity index (χ3n) is 4.99. The number of ether oxygens (including phenoxy) is 1. The van der Waals surface area contributed by atoms with E-state index in [1.807, 2.05) is 46.7 Å². The summed E-state index contributed by atoms with van der Waals surface area (Å²) in [6.07, 6.45) is 2.15. The zero-order valence-electron chi connectivity index (χ0n) is 15.2. The summed E-state index contributed by atoms with van der Waals surface area (Å²) in [6, 6.07) is 5.62. The summed E-state index contributed by atoms with van der Waals surface area (Å²) in [7, 11) is 0. The highest BCUT2D eigenvalue weighted by atomic mass is 16.5. The van der Waals surface area contributed by atoms with Crippen LogP contribution in [-0.2, 0) is 6.54 Å². The van der Waals surface area contributed by atoms with Gasteiger partial charge >= 0.3 is 6.03 Å². The van der Waals surface area contributed by atoms with E-state index >= 15 is 0 Å². The van der Waals surface area contributed by atoms with Crippen LogP contribution in [0.25, 0.3) is 0 Å². The van der Waals surface area contributed by atoms with Gasteiger partial charge in [-0.2, -0.15) is 0 Å². The molecule has 0 unspecified atom stereocenters. The molecule has 6 nitrogen and oxygen atoms in total. The van der Waals surface area contributed by atoms with Gasteiger partial charge in [0, 0.05) is 37.3 Å². The molecule has 3 rings (SSSR count). The first-order valence-corrected chi connectivity index (χ1v) is 9.23. The van der Waals surface area contributed by atoms with E-state index in [1.54, 1.807) is 0 Å². The number of benzene rings is 1. The molecule has 1 fully saturated rings. The van der Waals surface area contributed by atoms with Gasteiger partial charge in [0.15, 0.2) is 0 Å². The van der Waals surface area contributed by atoms with Crippen molar-refractivity contribution >= 4 is 11.9 Å². The molecular formula is C19H27N3O3. The summed E-state index contributed by atoms with van der Waals surface area (Å²) in [4.78, 5) is 30.8. The second kappa shape index (κ2) is 7.76. The molecule has 0 aromatic heterocycles. The minimum Gasteiger partial charge on any atom is -0.491 e. The smallest absolute Gasteiger partial charge is 0.320 e. The van der Waals surface area contributed by atoms with E-state index in [1.165, 1.54) is 0 Å². The van der Waals surface area contributed by atoms with E-state index in [0.29, 0.717) is 38.3 Å². The fourth-order valence-corrected chi connectivity index (χ4v) is 3.49. The number of amides is 3. The van der Waals surface area contributed by atoms with Crippen molar-refractivity contribution in [3.05, 3.63) is 29.3 Å². The Morgan fingerprint density at radius 1 is 1.08 bits per heavy atom. The highest BCUT2D eigenvalue weighted by Gasteiger charge is 2.25. The Labute approximate surface area is 149 Å². The van der Waals surface area contributed by atoms with Crippen molar-refractivity contribution in [3.63, 3.8) is 0 Å². The summed E-state index contributed by atoms with van der Waals surface area (Å²) in [5.74, 6) is 0.846. The number of rotatable bonds is 3. The summed E-state index contributed by atoms with van der Waals surface area (Å²) in [6.45, 7) is 8.51. The molecule has 0 N–H and O–H groups in total. The predicted octanol–water partition coefficient (Wildman–Crippen LogP) is 2.58. The van der Waals surface area contributed by atoms with E-state index in [2.05, 4.69) is 0 Å². The molecule has 6 heteroatoms. The zero-order chi connectivity index (χ0) is 17.8. The Hall–Kier alpha value is -2.24. The van der Waals surface area contributed by atoms with Crippen LogP contribution in [0.2, 0.25) is 0 Å². The van der Waals surface area contributed by atoms with Crippen LogP contribution in [0, 0.1) is 0 Å². The number of carbonyl (C=O) groups is 2. The van der Waals surface area contributed by atoms with Crippen LogP contribution in [0.4, 0.5) is 4.79 Å². The van der Waals surface area contributed by atoms with Crippen LogP contribution in [-0.4, -0.2) is 66.0 Å². The second-order valence-corrected chi connectivity index (χ2v) is 6.55. The van der Waals surface area contributed by atoms with Gasteiger partial charge in [-0.05, 0) is 44.9 Å². The summed E-state index contributed by atoms with van der Waals surface area (Å²) in [5.41, 5.74) is 1.59. The first-order chi connectivity index (χ1) is 12.1. The molecule has 2 aliphatic heterocycles. The van der Waals surface area contributed by atoms with Crippen LogP contribution in [0.1, 0.15) is 42.6 Å². The summed E-state index contributed by atoms with van der Waals surface area (Å²) in [5, 5.41) is 0. The highest BCUT2D eigenvalue weighted by molar-refractivity contribution is 5.94. The maximum atomic E-state index is 12.7. The fraction of sp³-hybridized carbons (Fsp3) is 0.579.